The predicted molar refractivity (Wildman–Crippen MR) is 97.4 cm³/mol. The fourth-order valence-corrected chi connectivity index (χ4v) is 3.22. The highest BCUT2D eigenvalue weighted by Gasteiger charge is 2.15. The Morgan fingerprint density at radius 1 is 1.21 bits per heavy atom. The lowest BCUT2D eigenvalue weighted by Crippen LogP contribution is -2.00. The van der Waals surface area contributed by atoms with Crippen molar-refractivity contribution in [2.24, 2.45) is 0 Å². The Balaban J connectivity index is 2.17. The molecule has 0 bridgehead atoms. The summed E-state index contributed by atoms with van der Waals surface area (Å²) in [4.78, 5) is 13.1. The number of allylic oxidation sites excluding steroid dienone is 1. The number of benzene rings is 2. The van der Waals surface area contributed by atoms with E-state index in [2.05, 4.69) is 0 Å². The number of hydrogen-bond acceptors (Lipinski definition) is 4. The number of carbonyl (C=O) groups is 1. The van der Waals surface area contributed by atoms with E-state index < -0.39 is 0 Å². The zero-order valence-electron chi connectivity index (χ0n) is 13.2. The molecule has 0 N–H and O–H groups in total. The molecule has 3 nitrogen and oxygen atoms in total. The van der Waals surface area contributed by atoms with Crippen LogP contribution in [-0.2, 0) is 0 Å². The number of rotatable bonds is 5. The zero-order chi connectivity index (χ0) is 16.9. The van der Waals surface area contributed by atoms with Gasteiger partial charge in [-0.15, -0.1) is 11.3 Å². The van der Waals surface area contributed by atoms with Crippen LogP contribution in [0.3, 0.4) is 0 Å². The average Bonchev–Trinajstić information content (AvgIpc) is 3.15. The molecule has 3 aromatic rings. The van der Waals surface area contributed by atoms with Crippen molar-refractivity contribution < 1.29 is 9.53 Å². The highest BCUT2D eigenvalue weighted by molar-refractivity contribution is 7.12. The van der Waals surface area contributed by atoms with Crippen molar-refractivity contribution in [2.75, 3.05) is 6.61 Å². The first-order valence-corrected chi connectivity index (χ1v) is 8.47. The van der Waals surface area contributed by atoms with Gasteiger partial charge in [-0.25, -0.2) is 0 Å². The first kappa shape index (κ1) is 16.0. The van der Waals surface area contributed by atoms with E-state index in [-0.39, 0.29) is 11.4 Å². The number of fused-ring (bicyclic) bond motifs is 1. The highest BCUT2D eigenvalue weighted by Crippen LogP contribution is 2.31. The van der Waals surface area contributed by atoms with Gasteiger partial charge in [-0.1, -0.05) is 36.4 Å². The van der Waals surface area contributed by atoms with Crippen LogP contribution in [-0.4, -0.2) is 12.4 Å². The van der Waals surface area contributed by atoms with Crippen molar-refractivity contribution in [3.05, 3.63) is 69.9 Å². The summed E-state index contributed by atoms with van der Waals surface area (Å²) in [5.41, 5.74) is 0.867. The maximum absolute atomic E-state index is 12.5. The monoisotopic (exact) mass is 333 g/mol. The first-order chi connectivity index (χ1) is 11.7. The summed E-state index contributed by atoms with van der Waals surface area (Å²) in [6, 6.07) is 17.3. The largest absolute Gasteiger partial charge is 0.493 e. The molecule has 0 radical (unpaired) electrons. The van der Waals surface area contributed by atoms with Crippen molar-refractivity contribution in [3.63, 3.8) is 0 Å². The molecule has 3 rings (SSSR count). The molecule has 118 valence electrons. The molecule has 0 saturated carbocycles. The number of ether oxygens (including phenoxy) is 1. The number of thiophene rings is 1. The lowest BCUT2D eigenvalue weighted by atomic mass is 10.00. The van der Waals surface area contributed by atoms with Crippen LogP contribution in [0.1, 0.15) is 22.2 Å². The second-order valence-corrected chi connectivity index (χ2v) is 6.06. The number of nitrogens with zero attached hydrogens (tertiary/aromatic N) is 1. The van der Waals surface area contributed by atoms with Gasteiger partial charge in [0.2, 0.25) is 5.78 Å². The summed E-state index contributed by atoms with van der Waals surface area (Å²) in [6.45, 7) is 2.42. The van der Waals surface area contributed by atoms with E-state index >= 15 is 0 Å². The summed E-state index contributed by atoms with van der Waals surface area (Å²) in [5, 5.41) is 13.3. The van der Waals surface area contributed by atoms with Gasteiger partial charge in [0, 0.05) is 5.56 Å². The minimum absolute atomic E-state index is 0.106. The van der Waals surface area contributed by atoms with Gasteiger partial charge < -0.3 is 4.74 Å². The van der Waals surface area contributed by atoms with Gasteiger partial charge in [0.05, 0.1) is 11.5 Å². The molecular formula is C20H15NO2S. The quantitative estimate of drug-likeness (QED) is 0.371. The topological polar surface area (TPSA) is 50.1 Å². The molecule has 0 aliphatic heterocycles. The second-order valence-electron chi connectivity index (χ2n) is 5.11. The second kappa shape index (κ2) is 7.12. The summed E-state index contributed by atoms with van der Waals surface area (Å²) >= 11 is 1.33. The van der Waals surface area contributed by atoms with Gasteiger partial charge in [0.1, 0.15) is 17.4 Å². The minimum Gasteiger partial charge on any atom is -0.493 e. The Morgan fingerprint density at radius 2 is 2.04 bits per heavy atom. The molecule has 0 saturated heterocycles. The molecule has 0 unspecified atom stereocenters. The normalized spacial score (nSPS) is 11.2. The highest BCUT2D eigenvalue weighted by atomic mass is 32.1. The van der Waals surface area contributed by atoms with E-state index in [0.717, 1.165) is 16.3 Å². The minimum atomic E-state index is -0.261. The number of carbonyl (C=O) groups excluding carboxylic acids is 1. The van der Waals surface area contributed by atoms with Gasteiger partial charge >= 0.3 is 0 Å². The molecule has 0 aliphatic carbocycles. The van der Waals surface area contributed by atoms with Crippen molar-refractivity contribution in [3.8, 4) is 11.8 Å². The molecule has 0 atom stereocenters. The molecular weight excluding hydrogens is 318 g/mol. The maximum Gasteiger partial charge on any atom is 0.213 e. The smallest absolute Gasteiger partial charge is 0.213 e. The standard InChI is InChI=1S/C20H15NO2S/c1-2-23-18-10-9-14-6-3-4-7-16(14)17(18)12-15(13-21)20(22)19-8-5-11-24-19/h3-12H,2H2,1H3/b15-12+. The van der Waals surface area contributed by atoms with E-state index in [1.807, 2.05) is 54.8 Å². The first-order valence-electron chi connectivity index (χ1n) is 7.59. The predicted octanol–water partition coefficient (Wildman–Crippen LogP) is 5.09. The number of hydrogen-bond donors (Lipinski definition) is 0. The van der Waals surface area contributed by atoms with Crippen LogP contribution in [0.2, 0.25) is 0 Å². The Morgan fingerprint density at radius 3 is 2.75 bits per heavy atom. The van der Waals surface area contributed by atoms with Crippen molar-refractivity contribution in [1.82, 2.24) is 0 Å². The number of nitriles is 1. The van der Waals surface area contributed by atoms with Gasteiger partial charge in [-0.3, -0.25) is 4.79 Å². The third-order valence-corrected chi connectivity index (χ3v) is 4.50. The molecule has 0 amide bonds. The number of ketones is 1. The van der Waals surface area contributed by atoms with Gasteiger partial charge in [0.15, 0.2) is 0 Å². The van der Waals surface area contributed by atoms with Crippen LogP contribution < -0.4 is 4.74 Å². The van der Waals surface area contributed by atoms with E-state index in [9.17, 15) is 10.1 Å². The summed E-state index contributed by atoms with van der Waals surface area (Å²) in [6.07, 6.45) is 1.63. The van der Waals surface area contributed by atoms with Crippen molar-refractivity contribution in [1.29, 1.82) is 5.26 Å². The van der Waals surface area contributed by atoms with Crippen LogP contribution in [0, 0.1) is 11.3 Å². The maximum atomic E-state index is 12.5. The zero-order valence-corrected chi connectivity index (χ0v) is 14.0. The third-order valence-electron chi connectivity index (χ3n) is 3.63. The Labute approximate surface area is 144 Å². The molecule has 0 spiro atoms. The number of Topliss-reactive ketones (excluding diaryl/α,β-unsaturated/α-hetero) is 1. The molecule has 2 aromatic carbocycles. The van der Waals surface area contributed by atoms with E-state index in [1.165, 1.54) is 11.3 Å². The Bertz CT molecular complexity index is 949. The lowest BCUT2D eigenvalue weighted by molar-refractivity contribution is 0.104. The molecule has 24 heavy (non-hydrogen) atoms. The summed E-state index contributed by atoms with van der Waals surface area (Å²) in [5.74, 6) is 0.408. The van der Waals surface area contributed by atoms with Crippen LogP contribution >= 0.6 is 11.3 Å². The molecule has 1 heterocycles. The molecule has 0 fully saturated rings. The summed E-state index contributed by atoms with van der Waals surface area (Å²) in [7, 11) is 0. The fraction of sp³-hybridized carbons (Fsp3) is 0.100. The summed E-state index contributed by atoms with van der Waals surface area (Å²) < 4.78 is 5.70. The van der Waals surface area contributed by atoms with Crippen molar-refractivity contribution in [2.45, 2.75) is 6.92 Å². The van der Waals surface area contributed by atoms with Crippen LogP contribution in [0.25, 0.3) is 16.8 Å². The van der Waals surface area contributed by atoms with E-state index in [1.54, 1.807) is 18.2 Å². The SMILES string of the molecule is CCOc1ccc2ccccc2c1/C=C(\C#N)C(=O)c1cccs1. The van der Waals surface area contributed by atoms with Crippen LogP contribution in [0.15, 0.2) is 59.5 Å². The van der Waals surface area contributed by atoms with Gasteiger partial charge in [0.25, 0.3) is 0 Å². The average molecular weight is 333 g/mol. The van der Waals surface area contributed by atoms with Crippen molar-refractivity contribution >= 4 is 34.0 Å². The van der Waals surface area contributed by atoms with Crippen LogP contribution in [0.4, 0.5) is 0 Å². The fourth-order valence-electron chi connectivity index (χ4n) is 2.54. The van der Waals surface area contributed by atoms with E-state index in [4.69, 9.17) is 4.74 Å². The van der Waals surface area contributed by atoms with Gasteiger partial charge in [-0.05, 0) is 41.3 Å². The molecule has 0 aliphatic rings. The van der Waals surface area contributed by atoms with Gasteiger partial charge in [-0.2, -0.15) is 5.26 Å². The Hall–Kier alpha value is -2.90. The molecule has 1 aromatic heterocycles. The van der Waals surface area contributed by atoms with E-state index in [0.29, 0.717) is 17.2 Å². The third kappa shape index (κ3) is 3.08. The lowest BCUT2D eigenvalue weighted by Gasteiger charge is -2.11. The Kier molecular flexibility index (Phi) is 4.74. The van der Waals surface area contributed by atoms with Crippen LogP contribution in [0.5, 0.6) is 5.75 Å². The molecule has 4 heteroatoms.